The van der Waals surface area contributed by atoms with Gasteiger partial charge in [-0.3, -0.25) is 9.59 Å². The van der Waals surface area contributed by atoms with Gasteiger partial charge in [0.05, 0.1) is 12.2 Å². The molecule has 2 aromatic carbocycles. The van der Waals surface area contributed by atoms with Crippen molar-refractivity contribution in [3.05, 3.63) is 76.2 Å². The van der Waals surface area contributed by atoms with Crippen molar-refractivity contribution < 1.29 is 9.53 Å². The minimum atomic E-state index is -0.223. The van der Waals surface area contributed by atoms with E-state index < -0.39 is 0 Å². The predicted octanol–water partition coefficient (Wildman–Crippen LogP) is 3.25. The molecule has 3 aromatic rings. The Hall–Kier alpha value is -3.08. The second-order valence-corrected chi connectivity index (χ2v) is 5.75. The molecule has 25 heavy (non-hydrogen) atoms. The molecule has 0 aliphatic heterocycles. The fourth-order valence-corrected chi connectivity index (χ4v) is 2.60. The molecule has 0 saturated carbocycles. The van der Waals surface area contributed by atoms with Gasteiger partial charge in [-0.2, -0.15) is 0 Å². The fraction of sp³-hybridized carbons (Fsp3) is 0.200. The van der Waals surface area contributed by atoms with E-state index in [1.807, 2.05) is 30.3 Å². The maximum Gasteiger partial charge on any atom is 0.255 e. The zero-order chi connectivity index (χ0) is 17.6. The Balaban J connectivity index is 1.71. The molecule has 1 amide bonds. The number of H-pyrrole nitrogens is 1. The van der Waals surface area contributed by atoms with Crippen molar-refractivity contribution in [2.75, 3.05) is 6.61 Å². The Bertz CT molecular complexity index is 930. The van der Waals surface area contributed by atoms with E-state index in [4.69, 9.17) is 4.74 Å². The number of ether oxygens (including phenoxy) is 1. The first kappa shape index (κ1) is 16.8. The summed E-state index contributed by atoms with van der Waals surface area (Å²) < 4.78 is 5.54. The number of hydrogen-bond donors (Lipinski definition) is 2. The standard InChI is InChI=1S/C20H20N2O3/c1-2-11-25-15-9-7-14(8-10-15)12-21-20(24)18-13-22-19(23)17-6-4-3-5-16(17)18/h3-10,13H,2,11-12H2,1H3,(H,21,24)(H,22,23). The van der Waals surface area contributed by atoms with Gasteiger partial charge >= 0.3 is 0 Å². The van der Waals surface area contributed by atoms with Crippen LogP contribution >= 0.6 is 0 Å². The molecule has 128 valence electrons. The molecular formula is C20H20N2O3. The predicted molar refractivity (Wildman–Crippen MR) is 98.0 cm³/mol. The van der Waals surface area contributed by atoms with Gasteiger partial charge in [0.15, 0.2) is 0 Å². The summed E-state index contributed by atoms with van der Waals surface area (Å²) in [5.41, 5.74) is 1.24. The topological polar surface area (TPSA) is 71.2 Å². The van der Waals surface area contributed by atoms with Crippen molar-refractivity contribution in [1.82, 2.24) is 10.3 Å². The Morgan fingerprint density at radius 1 is 1.08 bits per heavy atom. The number of rotatable bonds is 6. The van der Waals surface area contributed by atoms with Crippen LogP contribution in [0.4, 0.5) is 0 Å². The van der Waals surface area contributed by atoms with Crippen LogP contribution in [0.15, 0.2) is 59.5 Å². The molecule has 0 aliphatic carbocycles. The Morgan fingerprint density at radius 2 is 1.80 bits per heavy atom. The van der Waals surface area contributed by atoms with Crippen LogP contribution in [-0.4, -0.2) is 17.5 Å². The molecule has 5 heteroatoms. The van der Waals surface area contributed by atoms with Gasteiger partial charge in [-0.25, -0.2) is 0 Å². The molecule has 0 fully saturated rings. The molecule has 0 saturated heterocycles. The molecule has 1 heterocycles. The number of pyridine rings is 1. The zero-order valence-corrected chi connectivity index (χ0v) is 14.0. The van der Waals surface area contributed by atoms with Crippen LogP contribution in [0.2, 0.25) is 0 Å². The lowest BCUT2D eigenvalue weighted by Gasteiger charge is -2.09. The van der Waals surface area contributed by atoms with E-state index in [1.165, 1.54) is 6.20 Å². The first-order valence-corrected chi connectivity index (χ1v) is 8.29. The number of benzene rings is 2. The summed E-state index contributed by atoms with van der Waals surface area (Å²) in [6.07, 6.45) is 2.42. The highest BCUT2D eigenvalue weighted by Gasteiger charge is 2.11. The number of fused-ring (bicyclic) bond motifs is 1. The highest BCUT2D eigenvalue weighted by atomic mass is 16.5. The van der Waals surface area contributed by atoms with Crippen molar-refractivity contribution in [3.8, 4) is 5.75 Å². The molecular weight excluding hydrogens is 316 g/mol. The van der Waals surface area contributed by atoms with E-state index in [2.05, 4.69) is 17.2 Å². The second kappa shape index (κ2) is 7.66. The van der Waals surface area contributed by atoms with Gasteiger partial charge in [0.2, 0.25) is 0 Å². The number of hydrogen-bond acceptors (Lipinski definition) is 3. The maximum atomic E-state index is 12.5. The summed E-state index contributed by atoms with van der Waals surface area (Å²) in [6.45, 7) is 3.15. The smallest absolute Gasteiger partial charge is 0.255 e. The first-order valence-electron chi connectivity index (χ1n) is 8.29. The Kier molecular flexibility index (Phi) is 5.14. The van der Waals surface area contributed by atoms with Crippen molar-refractivity contribution in [3.63, 3.8) is 0 Å². The Labute approximate surface area is 145 Å². The number of aromatic amines is 1. The summed E-state index contributed by atoms with van der Waals surface area (Å²) in [7, 11) is 0. The van der Waals surface area contributed by atoms with Gasteiger partial charge in [-0.1, -0.05) is 37.3 Å². The molecule has 1 aromatic heterocycles. The van der Waals surface area contributed by atoms with Crippen LogP contribution in [0.1, 0.15) is 29.3 Å². The van der Waals surface area contributed by atoms with Gasteiger partial charge in [0, 0.05) is 23.5 Å². The number of carbonyl (C=O) groups excluding carboxylic acids is 1. The van der Waals surface area contributed by atoms with E-state index >= 15 is 0 Å². The van der Waals surface area contributed by atoms with Crippen LogP contribution in [0, 0.1) is 0 Å². The van der Waals surface area contributed by atoms with Crippen molar-refractivity contribution in [1.29, 1.82) is 0 Å². The molecule has 0 unspecified atom stereocenters. The zero-order valence-electron chi connectivity index (χ0n) is 14.0. The molecule has 0 bridgehead atoms. The quantitative estimate of drug-likeness (QED) is 0.726. The van der Waals surface area contributed by atoms with Crippen molar-refractivity contribution >= 4 is 16.7 Å². The average Bonchev–Trinajstić information content (AvgIpc) is 2.66. The van der Waals surface area contributed by atoms with Gasteiger partial charge in [-0.15, -0.1) is 0 Å². The average molecular weight is 336 g/mol. The van der Waals surface area contributed by atoms with Crippen LogP contribution < -0.4 is 15.6 Å². The highest BCUT2D eigenvalue weighted by molar-refractivity contribution is 6.06. The SMILES string of the molecule is CCCOc1ccc(CNC(=O)c2c[nH]c(=O)c3ccccc23)cc1. The van der Waals surface area contributed by atoms with E-state index in [0.29, 0.717) is 29.5 Å². The number of amides is 1. The largest absolute Gasteiger partial charge is 0.494 e. The van der Waals surface area contributed by atoms with Crippen LogP contribution in [-0.2, 0) is 6.54 Å². The van der Waals surface area contributed by atoms with E-state index in [1.54, 1.807) is 18.2 Å². The van der Waals surface area contributed by atoms with E-state index in [0.717, 1.165) is 17.7 Å². The Morgan fingerprint density at radius 3 is 2.52 bits per heavy atom. The highest BCUT2D eigenvalue weighted by Crippen LogP contribution is 2.15. The summed E-state index contributed by atoms with van der Waals surface area (Å²) in [5.74, 6) is 0.599. The first-order chi connectivity index (χ1) is 12.2. The number of carbonyl (C=O) groups is 1. The lowest BCUT2D eigenvalue weighted by molar-refractivity contribution is 0.0952. The third-order valence-electron chi connectivity index (χ3n) is 3.90. The molecule has 0 atom stereocenters. The molecule has 3 rings (SSSR count). The number of aromatic nitrogens is 1. The summed E-state index contributed by atoms with van der Waals surface area (Å²) in [6, 6.07) is 14.7. The molecule has 2 N–H and O–H groups in total. The summed E-state index contributed by atoms with van der Waals surface area (Å²) in [4.78, 5) is 27.0. The normalized spacial score (nSPS) is 10.6. The van der Waals surface area contributed by atoms with E-state index in [9.17, 15) is 9.59 Å². The minimum Gasteiger partial charge on any atom is -0.494 e. The second-order valence-electron chi connectivity index (χ2n) is 5.75. The van der Waals surface area contributed by atoms with Crippen molar-refractivity contribution in [2.45, 2.75) is 19.9 Å². The van der Waals surface area contributed by atoms with Gasteiger partial charge in [-0.05, 0) is 30.2 Å². The monoisotopic (exact) mass is 336 g/mol. The fourth-order valence-electron chi connectivity index (χ4n) is 2.60. The number of nitrogens with one attached hydrogen (secondary N) is 2. The molecule has 0 radical (unpaired) electrons. The summed E-state index contributed by atoms with van der Waals surface area (Å²) in [5, 5.41) is 4.04. The molecule has 5 nitrogen and oxygen atoms in total. The minimum absolute atomic E-state index is 0.199. The van der Waals surface area contributed by atoms with Gasteiger partial charge in [0.25, 0.3) is 11.5 Å². The molecule has 0 spiro atoms. The van der Waals surface area contributed by atoms with E-state index in [-0.39, 0.29) is 11.5 Å². The van der Waals surface area contributed by atoms with Crippen LogP contribution in [0.5, 0.6) is 5.75 Å². The van der Waals surface area contributed by atoms with Crippen LogP contribution in [0.3, 0.4) is 0 Å². The third kappa shape index (κ3) is 3.88. The summed E-state index contributed by atoms with van der Waals surface area (Å²) >= 11 is 0. The van der Waals surface area contributed by atoms with Gasteiger partial charge in [0.1, 0.15) is 5.75 Å². The lowest BCUT2D eigenvalue weighted by atomic mass is 10.1. The lowest BCUT2D eigenvalue weighted by Crippen LogP contribution is -2.24. The maximum absolute atomic E-state index is 12.5. The van der Waals surface area contributed by atoms with Gasteiger partial charge < -0.3 is 15.0 Å². The third-order valence-corrected chi connectivity index (χ3v) is 3.90. The van der Waals surface area contributed by atoms with Crippen LogP contribution in [0.25, 0.3) is 10.8 Å². The molecule has 0 aliphatic rings. The van der Waals surface area contributed by atoms with Crippen molar-refractivity contribution in [2.24, 2.45) is 0 Å².